The van der Waals surface area contributed by atoms with Crippen LogP contribution in [0.3, 0.4) is 0 Å². The van der Waals surface area contributed by atoms with Crippen LogP contribution >= 0.6 is 12.2 Å². The number of esters is 1. The van der Waals surface area contributed by atoms with E-state index in [1.807, 2.05) is 0 Å². The van der Waals surface area contributed by atoms with Gasteiger partial charge in [-0.15, -0.1) is 0 Å². The van der Waals surface area contributed by atoms with Crippen molar-refractivity contribution in [2.75, 3.05) is 35.5 Å². The molecule has 0 aliphatic heterocycles. The van der Waals surface area contributed by atoms with Gasteiger partial charge in [-0.3, -0.25) is 4.79 Å². The third-order valence-electron chi connectivity index (χ3n) is 4.62. The van der Waals surface area contributed by atoms with Gasteiger partial charge in [-0.25, -0.2) is 5.10 Å². The molecule has 1 N–H and O–H groups in total. The molecule has 0 fully saturated rings. The van der Waals surface area contributed by atoms with E-state index >= 15 is 0 Å². The van der Waals surface area contributed by atoms with Crippen molar-refractivity contribution in [2.45, 2.75) is 6.92 Å². The van der Waals surface area contributed by atoms with Gasteiger partial charge in [0.2, 0.25) is 16.3 Å². The quantitative estimate of drug-likeness (QED) is 0.209. The van der Waals surface area contributed by atoms with Crippen molar-refractivity contribution in [3.63, 3.8) is 0 Å². The van der Waals surface area contributed by atoms with E-state index in [0.717, 1.165) is 0 Å². The van der Waals surface area contributed by atoms with Gasteiger partial charge in [0.1, 0.15) is 0 Å². The predicted octanol–water partition coefficient (Wildman–Crippen LogP) is 3.46. The molecule has 0 aliphatic rings. The van der Waals surface area contributed by atoms with Gasteiger partial charge < -0.3 is 28.4 Å². The van der Waals surface area contributed by atoms with Crippen molar-refractivity contribution in [1.29, 1.82) is 0 Å². The monoisotopic (exact) mass is 488 g/mol. The van der Waals surface area contributed by atoms with Crippen LogP contribution in [0.15, 0.2) is 29.4 Å². The summed E-state index contributed by atoms with van der Waals surface area (Å²) in [7, 11) is 7.48. The van der Waals surface area contributed by atoms with Crippen molar-refractivity contribution in [3.8, 4) is 45.9 Å². The molecule has 34 heavy (non-hydrogen) atoms. The summed E-state index contributed by atoms with van der Waals surface area (Å²) < 4.78 is 33.8. The first-order chi connectivity index (χ1) is 16.4. The van der Waals surface area contributed by atoms with Crippen LogP contribution in [0.1, 0.15) is 12.5 Å². The number of hydrogen-bond acceptors (Lipinski definition) is 10. The van der Waals surface area contributed by atoms with E-state index in [0.29, 0.717) is 45.7 Å². The highest BCUT2D eigenvalue weighted by molar-refractivity contribution is 7.71. The van der Waals surface area contributed by atoms with Gasteiger partial charge in [0.15, 0.2) is 28.8 Å². The number of methoxy groups -OCH3 is 5. The fourth-order valence-electron chi connectivity index (χ4n) is 3.14. The number of H-pyrrole nitrogens is 1. The average molecular weight is 489 g/mol. The molecule has 2 aromatic carbocycles. The maximum atomic E-state index is 11.4. The standard InChI is InChI=1S/C22H24N4O7S/c1-12(27)33-20-15(28-2)7-13(8-16(20)29-3)11-23-26-21(24-25-22(26)34)14-9-17(30-4)19(32-6)18(10-14)31-5/h7-11H,1-6H3,(H,25,34)/b23-11-. The number of carbonyl (C=O) groups excluding carboxylic acids is 1. The molecule has 0 saturated carbocycles. The Morgan fingerprint density at radius 1 is 0.912 bits per heavy atom. The predicted molar refractivity (Wildman–Crippen MR) is 126 cm³/mol. The molecule has 1 aromatic heterocycles. The third kappa shape index (κ3) is 4.96. The van der Waals surface area contributed by atoms with Crippen LogP contribution in [0.2, 0.25) is 0 Å². The lowest BCUT2D eigenvalue weighted by Gasteiger charge is -2.14. The second-order valence-corrected chi connectivity index (χ2v) is 7.06. The lowest BCUT2D eigenvalue weighted by molar-refractivity contribution is -0.132. The highest BCUT2D eigenvalue weighted by Crippen LogP contribution is 2.41. The fourth-order valence-corrected chi connectivity index (χ4v) is 3.32. The molecular weight excluding hydrogens is 464 g/mol. The van der Waals surface area contributed by atoms with Crippen LogP contribution in [-0.2, 0) is 4.79 Å². The first-order valence-electron chi connectivity index (χ1n) is 9.83. The molecular formula is C22H24N4O7S. The van der Waals surface area contributed by atoms with E-state index in [1.165, 1.54) is 53.4 Å². The molecule has 12 heteroatoms. The van der Waals surface area contributed by atoms with Crippen LogP contribution in [0.4, 0.5) is 0 Å². The molecule has 0 bridgehead atoms. The lowest BCUT2D eigenvalue weighted by Crippen LogP contribution is -2.05. The summed E-state index contributed by atoms with van der Waals surface area (Å²) in [4.78, 5) is 11.4. The molecule has 180 valence electrons. The van der Waals surface area contributed by atoms with E-state index in [2.05, 4.69) is 15.3 Å². The van der Waals surface area contributed by atoms with Crippen LogP contribution in [-0.4, -0.2) is 62.6 Å². The molecule has 11 nitrogen and oxygen atoms in total. The largest absolute Gasteiger partial charge is 0.493 e. The van der Waals surface area contributed by atoms with E-state index < -0.39 is 5.97 Å². The molecule has 0 radical (unpaired) electrons. The number of aromatic nitrogens is 3. The molecule has 0 amide bonds. The molecule has 0 unspecified atom stereocenters. The van der Waals surface area contributed by atoms with Crippen LogP contribution in [0.25, 0.3) is 11.4 Å². The summed E-state index contributed by atoms with van der Waals surface area (Å²) in [5, 5.41) is 11.5. The minimum Gasteiger partial charge on any atom is -0.493 e. The molecule has 0 spiro atoms. The fraction of sp³-hybridized carbons (Fsp3) is 0.273. The maximum absolute atomic E-state index is 11.4. The molecule has 3 aromatic rings. The van der Waals surface area contributed by atoms with Gasteiger partial charge in [-0.05, 0) is 36.5 Å². The van der Waals surface area contributed by atoms with Crippen molar-refractivity contribution in [3.05, 3.63) is 34.6 Å². The zero-order valence-corrected chi connectivity index (χ0v) is 20.3. The minimum absolute atomic E-state index is 0.174. The first-order valence-corrected chi connectivity index (χ1v) is 10.2. The maximum Gasteiger partial charge on any atom is 0.308 e. The van der Waals surface area contributed by atoms with Gasteiger partial charge in [-0.2, -0.15) is 14.9 Å². The number of nitrogens with one attached hydrogen (secondary N) is 1. The highest BCUT2D eigenvalue weighted by Gasteiger charge is 2.18. The summed E-state index contributed by atoms with van der Waals surface area (Å²) in [6.45, 7) is 1.29. The van der Waals surface area contributed by atoms with E-state index in [1.54, 1.807) is 24.3 Å². The van der Waals surface area contributed by atoms with Gasteiger partial charge in [0.25, 0.3) is 0 Å². The molecule has 0 saturated heterocycles. The first kappa shape index (κ1) is 24.6. The number of hydrogen-bond donors (Lipinski definition) is 1. The number of carbonyl (C=O) groups is 1. The summed E-state index contributed by atoms with van der Waals surface area (Å²) in [5.41, 5.74) is 1.22. The summed E-state index contributed by atoms with van der Waals surface area (Å²) >= 11 is 5.36. The Kier molecular flexibility index (Phi) is 7.74. The van der Waals surface area contributed by atoms with Gasteiger partial charge in [0.05, 0.1) is 41.8 Å². The molecule has 0 atom stereocenters. The molecule has 3 rings (SSSR count). The van der Waals surface area contributed by atoms with Gasteiger partial charge in [0, 0.05) is 18.1 Å². The van der Waals surface area contributed by atoms with E-state index in [9.17, 15) is 4.79 Å². The Balaban J connectivity index is 2.07. The second-order valence-electron chi connectivity index (χ2n) is 6.67. The summed E-state index contributed by atoms with van der Waals surface area (Å²) in [6, 6.07) is 6.76. The molecule has 1 heterocycles. The van der Waals surface area contributed by atoms with Crippen molar-refractivity contribution >= 4 is 24.4 Å². The van der Waals surface area contributed by atoms with Crippen molar-refractivity contribution < 1.29 is 33.2 Å². The van der Waals surface area contributed by atoms with Crippen LogP contribution < -0.4 is 28.4 Å². The smallest absolute Gasteiger partial charge is 0.308 e. The lowest BCUT2D eigenvalue weighted by atomic mass is 10.1. The highest BCUT2D eigenvalue weighted by atomic mass is 32.1. The average Bonchev–Trinajstić information content (AvgIpc) is 3.21. The zero-order chi connectivity index (χ0) is 24.8. The van der Waals surface area contributed by atoms with Crippen LogP contribution in [0, 0.1) is 4.77 Å². The van der Waals surface area contributed by atoms with Gasteiger partial charge >= 0.3 is 5.97 Å². The third-order valence-corrected chi connectivity index (χ3v) is 4.89. The molecule has 0 aliphatic carbocycles. The number of aromatic amines is 1. The van der Waals surface area contributed by atoms with Crippen molar-refractivity contribution in [2.24, 2.45) is 5.10 Å². The summed E-state index contributed by atoms with van der Waals surface area (Å²) in [6.07, 6.45) is 1.54. The Labute approximate surface area is 200 Å². The summed E-state index contributed by atoms with van der Waals surface area (Å²) in [5.74, 6) is 2.05. The Morgan fingerprint density at radius 2 is 1.44 bits per heavy atom. The normalized spacial score (nSPS) is 10.8. The topological polar surface area (TPSA) is 118 Å². The Bertz CT molecular complexity index is 1230. The number of nitrogens with zero attached hydrogens (tertiary/aromatic N) is 3. The van der Waals surface area contributed by atoms with Gasteiger partial charge in [-0.1, -0.05) is 0 Å². The number of ether oxygens (including phenoxy) is 6. The van der Waals surface area contributed by atoms with E-state index in [4.69, 9.17) is 40.6 Å². The SMILES string of the molecule is COc1cc(-c2n[nH]c(=S)n2/N=C\c2cc(OC)c(OC(C)=O)c(OC)c2)cc(OC)c1OC. The van der Waals surface area contributed by atoms with E-state index in [-0.39, 0.29) is 10.5 Å². The Morgan fingerprint density at radius 3 is 1.91 bits per heavy atom. The number of benzene rings is 2. The zero-order valence-electron chi connectivity index (χ0n) is 19.5. The Hall–Kier alpha value is -4.06. The second kappa shape index (κ2) is 10.7. The van der Waals surface area contributed by atoms with Crippen LogP contribution in [0.5, 0.6) is 34.5 Å². The number of rotatable bonds is 9. The van der Waals surface area contributed by atoms with Crippen molar-refractivity contribution in [1.82, 2.24) is 14.9 Å². The minimum atomic E-state index is -0.502.